The number of carboxylic acids is 1. The lowest BCUT2D eigenvalue weighted by molar-refractivity contribution is -0.152. The number of aliphatic carboxylic acids is 1. The largest absolute Gasteiger partial charge is 0.481 e. The minimum absolute atomic E-state index is 0.154. The van der Waals surface area contributed by atoms with Gasteiger partial charge in [-0.2, -0.15) is 13.2 Å². The third-order valence-corrected chi connectivity index (χ3v) is 3.98. The van der Waals surface area contributed by atoms with Crippen molar-refractivity contribution in [3.8, 4) is 0 Å². The third-order valence-electron chi connectivity index (χ3n) is 3.98. The molecule has 1 unspecified atom stereocenters. The minimum Gasteiger partial charge on any atom is -0.481 e. The molecule has 3 atom stereocenters. The van der Waals surface area contributed by atoms with Gasteiger partial charge in [0, 0.05) is 13.6 Å². The van der Waals surface area contributed by atoms with Gasteiger partial charge in [0.05, 0.1) is 18.3 Å². The van der Waals surface area contributed by atoms with E-state index in [1.807, 2.05) is 6.92 Å². The molecule has 1 fully saturated rings. The smallest absolute Gasteiger partial charge is 0.390 e. The number of carboxylic acid groups (broad SMARTS) is 1. The van der Waals surface area contributed by atoms with E-state index in [0.29, 0.717) is 12.8 Å². The number of carbonyl (C=O) groups is 2. The molecule has 116 valence electrons. The lowest BCUT2D eigenvalue weighted by Gasteiger charge is -2.24. The van der Waals surface area contributed by atoms with Gasteiger partial charge in [-0.25, -0.2) is 0 Å². The Kier molecular flexibility index (Phi) is 5.42. The summed E-state index contributed by atoms with van der Waals surface area (Å²) >= 11 is 0. The molecule has 1 aliphatic rings. The van der Waals surface area contributed by atoms with Gasteiger partial charge in [0.25, 0.3) is 0 Å². The zero-order valence-corrected chi connectivity index (χ0v) is 11.6. The highest BCUT2D eigenvalue weighted by Gasteiger charge is 2.43. The Morgan fingerprint density at radius 1 is 1.25 bits per heavy atom. The van der Waals surface area contributed by atoms with Crippen LogP contribution in [-0.2, 0) is 9.59 Å². The van der Waals surface area contributed by atoms with Crippen LogP contribution in [0.15, 0.2) is 0 Å². The zero-order chi connectivity index (χ0) is 15.5. The summed E-state index contributed by atoms with van der Waals surface area (Å²) in [5, 5.41) is 9.14. The van der Waals surface area contributed by atoms with Crippen molar-refractivity contribution in [2.45, 2.75) is 38.8 Å². The Morgan fingerprint density at radius 2 is 1.80 bits per heavy atom. The number of carbonyl (C=O) groups excluding carboxylic acids is 1. The van der Waals surface area contributed by atoms with Crippen LogP contribution in [0.2, 0.25) is 0 Å². The molecular weight excluding hydrogens is 275 g/mol. The maximum absolute atomic E-state index is 12.1. The van der Waals surface area contributed by atoms with E-state index in [9.17, 15) is 22.8 Å². The molecule has 0 spiro atoms. The second-order valence-electron chi connectivity index (χ2n) is 5.42. The van der Waals surface area contributed by atoms with Crippen molar-refractivity contribution >= 4 is 11.9 Å². The van der Waals surface area contributed by atoms with Gasteiger partial charge in [-0.05, 0) is 18.8 Å². The molecule has 0 saturated heterocycles. The molecule has 7 heteroatoms. The highest BCUT2D eigenvalue weighted by Crippen LogP contribution is 2.39. The van der Waals surface area contributed by atoms with Gasteiger partial charge in [0.2, 0.25) is 5.91 Å². The summed E-state index contributed by atoms with van der Waals surface area (Å²) in [6, 6.07) is 0. The molecule has 0 aromatic rings. The van der Waals surface area contributed by atoms with Crippen LogP contribution in [0.5, 0.6) is 0 Å². The Hall–Kier alpha value is -1.27. The van der Waals surface area contributed by atoms with Crippen molar-refractivity contribution in [2.24, 2.45) is 17.8 Å². The summed E-state index contributed by atoms with van der Waals surface area (Å²) in [6.07, 6.45) is -3.74. The molecule has 0 aliphatic heterocycles. The van der Waals surface area contributed by atoms with Gasteiger partial charge in [-0.3, -0.25) is 9.59 Å². The standard InChI is InChI=1S/C13H20F3NO3/c1-3-8-6-9(10(7-8)12(19)20)11(18)17(2)5-4-13(14,15)16/h8-10H,3-7H2,1-2H3,(H,19,20)/t8?,9-,10+/m0/s1. The SMILES string of the molecule is CCC1C[C@H](C(=O)N(C)CCC(F)(F)F)[C@H](C(=O)O)C1. The summed E-state index contributed by atoms with van der Waals surface area (Å²) in [6.45, 7) is 1.49. The molecular formula is C13H20F3NO3. The summed E-state index contributed by atoms with van der Waals surface area (Å²) < 4.78 is 36.4. The number of hydrogen-bond donors (Lipinski definition) is 1. The van der Waals surface area contributed by atoms with Crippen LogP contribution < -0.4 is 0 Å². The average molecular weight is 295 g/mol. The predicted molar refractivity (Wildman–Crippen MR) is 65.9 cm³/mol. The third kappa shape index (κ3) is 4.38. The van der Waals surface area contributed by atoms with E-state index in [0.717, 1.165) is 11.3 Å². The first-order valence-electron chi connectivity index (χ1n) is 6.70. The van der Waals surface area contributed by atoms with Crippen LogP contribution in [0.25, 0.3) is 0 Å². The molecule has 0 aromatic heterocycles. The molecule has 0 bridgehead atoms. The fourth-order valence-electron chi connectivity index (χ4n) is 2.71. The Morgan fingerprint density at radius 3 is 2.25 bits per heavy atom. The quantitative estimate of drug-likeness (QED) is 0.848. The molecule has 0 aromatic carbocycles. The van der Waals surface area contributed by atoms with Gasteiger partial charge in [0.15, 0.2) is 0 Å². The molecule has 4 nitrogen and oxygen atoms in total. The molecule has 1 aliphatic carbocycles. The second kappa shape index (κ2) is 6.45. The van der Waals surface area contributed by atoms with Crippen molar-refractivity contribution < 1.29 is 27.9 Å². The van der Waals surface area contributed by atoms with Gasteiger partial charge in [0.1, 0.15) is 0 Å². The topological polar surface area (TPSA) is 57.6 Å². The summed E-state index contributed by atoms with van der Waals surface area (Å²) in [5.41, 5.74) is 0. The van der Waals surface area contributed by atoms with Crippen LogP contribution in [0.1, 0.15) is 32.6 Å². The van der Waals surface area contributed by atoms with E-state index in [1.165, 1.54) is 7.05 Å². The van der Waals surface area contributed by atoms with Crippen LogP contribution >= 0.6 is 0 Å². The van der Waals surface area contributed by atoms with E-state index in [1.54, 1.807) is 0 Å². The number of rotatable bonds is 5. The maximum atomic E-state index is 12.1. The summed E-state index contributed by atoms with van der Waals surface area (Å²) in [7, 11) is 1.30. The average Bonchev–Trinajstić information content (AvgIpc) is 2.78. The van der Waals surface area contributed by atoms with Gasteiger partial charge in [-0.1, -0.05) is 13.3 Å². The Balaban J connectivity index is 2.66. The molecule has 1 rings (SSSR count). The van der Waals surface area contributed by atoms with E-state index in [4.69, 9.17) is 5.11 Å². The molecule has 1 amide bonds. The first-order chi connectivity index (χ1) is 9.15. The van der Waals surface area contributed by atoms with Gasteiger partial charge < -0.3 is 10.0 Å². The highest BCUT2D eigenvalue weighted by molar-refractivity contribution is 5.85. The monoisotopic (exact) mass is 295 g/mol. The van der Waals surface area contributed by atoms with E-state index in [-0.39, 0.29) is 5.92 Å². The van der Waals surface area contributed by atoms with E-state index >= 15 is 0 Å². The molecule has 0 radical (unpaired) electrons. The van der Waals surface area contributed by atoms with Crippen molar-refractivity contribution in [2.75, 3.05) is 13.6 Å². The van der Waals surface area contributed by atoms with Crippen LogP contribution in [-0.4, -0.2) is 41.7 Å². The van der Waals surface area contributed by atoms with Crippen LogP contribution in [0, 0.1) is 17.8 Å². The second-order valence-corrected chi connectivity index (χ2v) is 5.42. The first kappa shape index (κ1) is 16.8. The first-order valence-corrected chi connectivity index (χ1v) is 6.70. The van der Waals surface area contributed by atoms with E-state index in [2.05, 4.69) is 0 Å². The number of nitrogens with zero attached hydrogens (tertiary/aromatic N) is 1. The molecule has 1 N–H and O–H groups in total. The predicted octanol–water partition coefficient (Wildman–Crippen LogP) is 2.53. The fraction of sp³-hybridized carbons (Fsp3) is 0.846. The highest BCUT2D eigenvalue weighted by atomic mass is 19.4. The van der Waals surface area contributed by atoms with Crippen LogP contribution in [0.4, 0.5) is 13.2 Å². The number of alkyl halides is 3. The molecule has 0 heterocycles. The van der Waals surface area contributed by atoms with Crippen LogP contribution in [0.3, 0.4) is 0 Å². The van der Waals surface area contributed by atoms with Crippen molar-refractivity contribution in [3.05, 3.63) is 0 Å². The zero-order valence-electron chi connectivity index (χ0n) is 11.6. The minimum atomic E-state index is -4.32. The number of halogens is 3. The normalized spacial score (nSPS) is 26.6. The Labute approximate surface area is 115 Å². The summed E-state index contributed by atoms with van der Waals surface area (Å²) in [5.74, 6) is -2.85. The number of amides is 1. The molecule has 1 saturated carbocycles. The van der Waals surface area contributed by atoms with Crippen molar-refractivity contribution in [3.63, 3.8) is 0 Å². The number of hydrogen-bond acceptors (Lipinski definition) is 2. The Bertz CT molecular complexity index is 370. The van der Waals surface area contributed by atoms with Crippen molar-refractivity contribution in [1.29, 1.82) is 0 Å². The van der Waals surface area contributed by atoms with Gasteiger partial charge >= 0.3 is 12.1 Å². The van der Waals surface area contributed by atoms with Crippen molar-refractivity contribution in [1.82, 2.24) is 4.90 Å². The fourth-order valence-corrected chi connectivity index (χ4v) is 2.71. The lowest BCUT2D eigenvalue weighted by Crippen LogP contribution is -2.38. The summed E-state index contributed by atoms with van der Waals surface area (Å²) in [4.78, 5) is 24.3. The maximum Gasteiger partial charge on any atom is 0.390 e. The lowest BCUT2D eigenvalue weighted by atomic mass is 9.95. The molecule has 20 heavy (non-hydrogen) atoms. The van der Waals surface area contributed by atoms with E-state index < -0.39 is 42.9 Å². The van der Waals surface area contributed by atoms with Gasteiger partial charge in [-0.15, -0.1) is 0 Å².